The molecule has 0 radical (unpaired) electrons. The van der Waals surface area contributed by atoms with E-state index in [1.165, 1.54) is 25.4 Å². The lowest BCUT2D eigenvalue weighted by Crippen LogP contribution is -2.03. The number of nitrogens with zero attached hydrogens (tertiary/aromatic N) is 2. The topological polar surface area (TPSA) is 59.3 Å². The Kier molecular flexibility index (Phi) is 3.84. The summed E-state index contributed by atoms with van der Waals surface area (Å²) in [7, 11) is 1.45. The molecular weight excluding hydrogens is 256 g/mol. The maximum Gasteiger partial charge on any atom is 0.333 e. The van der Waals surface area contributed by atoms with Crippen LogP contribution in [0.5, 0.6) is 11.5 Å². The summed E-state index contributed by atoms with van der Waals surface area (Å²) in [6.45, 7) is -2.26. The predicted molar refractivity (Wildman–Crippen MR) is 65.5 cm³/mol. The number of nitrogens with one attached hydrogen (secondary N) is 1. The first-order chi connectivity index (χ1) is 9.10. The van der Waals surface area contributed by atoms with Crippen molar-refractivity contribution in [2.45, 2.75) is 13.1 Å². The molecule has 0 amide bonds. The summed E-state index contributed by atoms with van der Waals surface area (Å²) in [6, 6.07) is 6.33. The lowest BCUT2D eigenvalue weighted by molar-refractivity contribution is 0.0569. The number of alkyl halides is 2. The van der Waals surface area contributed by atoms with Crippen LogP contribution in [0, 0.1) is 0 Å². The molecule has 0 aliphatic carbocycles. The first kappa shape index (κ1) is 13.1. The van der Waals surface area contributed by atoms with Crippen molar-refractivity contribution < 1.29 is 18.6 Å². The number of halogens is 2. The summed E-state index contributed by atoms with van der Waals surface area (Å²) in [6.07, 6.45) is 1.20. The second-order valence-electron chi connectivity index (χ2n) is 3.82. The number of methoxy groups -OCH3 is 1. The number of ether oxygens (including phenoxy) is 1. The third-order valence-corrected chi connectivity index (χ3v) is 2.53. The van der Waals surface area contributed by atoms with E-state index in [-0.39, 0.29) is 5.75 Å². The Hall–Kier alpha value is -2.31. The fourth-order valence-corrected chi connectivity index (χ4v) is 1.57. The van der Waals surface area contributed by atoms with Crippen molar-refractivity contribution in [3.8, 4) is 11.5 Å². The molecule has 2 N–H and O–H groups in total. The smallest absolute Gasteiger partial charge is 0.333 e. The minimum Gasteiger partial charge on any atom is -0.504 e. The third-order valence-electron chi connectivity index (χ3n) is 2.53. The highest BCUT2D eigenvalue weighted by Crippen LogP contribution is 2.26. The lowest BCUT2D eigenvalue weighted by Gasteiger charge is -2.07. The van der Waals surface area contributed by atoms with Gasteiger partial charge in [0.25, 0.3) is 0 Å². The van der Waals surface area contributed by atoms with Crippen LogP contribution in [0.1, 0.15) is 12.1 Å². The van der Waals surface area contributed by atoms with Gasteiger partial charge in [-0.15, -0.1) is 0 Å². The number of hydrogen-bond acceptors (Lipinski definition) is 4. The van der Waals surface area contributed by atoms with Crippen LogP contribution < -0.4 is 10.1 Å². The van der Waals surface area contributed by atoms with E-state index in [2.05, 4.69) is 10.4 Å². The van der Waals surface area contributed by atoms with Gasteiger partial charge in [-0.3, -0.25) is 0 Å². The number of phenols is 1. The van der Waals surface area contributed by atoms with Gasteiger partial charge in [0, 0.05) is 18.8 Å². The Morgan fingerprint density at radius 1 is 1.42 bits per heavy atom. The standard InChI is InChI=1S/C12H13F2N3O2/c1-19-10-6-8(2-3-9(10)18)7-15-11-4-5-17(16-11)12(13)14/h2-6,12,18H,7H2,1H3,(H,15,16). The van der Waals surface area contributed by atoms with Gasteiger partial charge in [-0.05, 0) is 17.7 Å². The van der Waals surface area contributed by atoms with Gasteiger partial charge in [0.1, 0.15) is 5.82 Å². The minimum absolute atomic E-state index is 0.0493. The normalized spacial score (nSPS) is 10.7. The Morgan fingerprint density at radius 2 is 2.21 bits per heavy atom. The van der Waals surface area contributed by atoms with E-state index in [1.54, 1.807) is 12.1 Å². The molecule has 0 aliphatic rings. The minimum atomic E-state index is -2.65. The molecule has 0 saturated carbocycles. The average molecular weight is 269 g/mol. The van der Waals surface area contributed by atoms with E-state index in [9.17, 15) is 13.9 Å². The van der Waals surface area contributed by atoms with Crippen LogP contribution in [0.15, 0.2) is 30.5 Å². The molecule has 102 valence electrons. The zero-order valence-electron chi connectivity index (χ0n) is 10.2. The van der Waals surface area contributed by atoms with Gasteiger partial charge in [0.2, 0.25) is 0 Å². The summed E-state index contributed by atoms with van der Waals surface area (Å²) in [4.78, 5) is 0. The number of aromatic hydroxyl groups is 1. The van der Waals surface area contributed by atoms with Crippen LogP contribution in [0.4, 0.5) is 14.6 Å². The largest absolute Gasteiger partial charge is 0.504 e. The summed E-state index contributed by atoms with van der Waals surface area (Å²) >= 11 is 0. The number of benzene rings is 1. The van der Waals surface area contributed by atoms with Crippen LogP contribution in [0.3, 0.4) is 0 Å². The molecular formula is C12H13F2N3O2. The number of phenolic OH excluding ortho intramolecular Hbond substituents is 1. The summed E-state index contributed by atoms with van der Waals surface area (Å²) < 4.78 is 30.2. The highest BCUT2D eigenvalue weighted by Gasteiger charge is 2.07. The molecule has 0 spiro atoms. The van der Waals surface area contributed by atoms with Gasteiger partial charge in [-0.1, -0.05) is 6.07 Å². The van der Waals surface area contributed by atoms with Crippen molar-refractivity contribution in [2.24, 2.45) is 0 Å². The van der Waals surface area contributed by atoms with E-state index in [1.807, 2.05) is 0 Å². The van der Waals surface area contributed by atoms with Gasteiger partial charge in [0.05, 0.1) is 7.11 Å². The SMILES string of the molecule is COc1cc(CNc2ccn(C(F)F)n2)ccc1O. The van der Waals surface area contributed by atoms with Crippen LogP contribution >= 0.6 is 0 Å². The second-order valence-corrected chi connectivity index (χ2v) is 3.82. The molecule has 0 saturated heterocycles. The summed E-state index contributed by atoms with van der Waals surface area (Å²) in [5, 5.41) is 16.0. The summed E-state index contributed by atoms with van der Waals surface area (Å²) in [5.41, 5.74) is 0.834. The fourth-order valence-electron chi connectivity index (χ4n) is 1.57. The molecule has 1 aromatic heterocycles. The molecule has 7 heteroatoms. The van der Waals surface area contributed by atoms with E-state index in [0.29, 0.717) is 22.8 Å². The van der Waals surface area contributed by atoms with Crippen molar-refractivity contribution in [3.05, 3.63) is 36.0 Å². The van der Waals surface area contributed by atoms with Gasteiger partial charge in [-0.25, -0.2) is 4.68 Å². The number of rotatable bonds is 5. The zero-order chi connectivity index (χ0) is 13.8. The molecule has 1 aromatic carbocycles. The van der Waals surface area contributed by atoms with Crippen LogP contribution in [0.25, 0.3) is 0 Å². The second kappa shape index (κ2) is 5.55. The van der Waals surface area contributed by atoms with Gasteiger partial charge >= 0.3 is 6.55 Å². The molecule has 2 aromatic rings. The van der Waals surface area contributed by atoms with E-state index >= 15 is 0 Å². The van der Waals surface area contributed by atoms with E-state index < -0.39 is 6.55 Å². The Labute approximate surface area is 108 Å². The average Bonchev–Trinajstić information content (AvgIpc) is 2.87. The molecule has 1 heterocycles. The molecule has 2 rings (SSSR count). The molecule has 0 aliphatic heterocycles. The van der Waals surface area contributed by atoms with Crippen LogP contribution in [-0.4, -0.2) is 22.0 Å². The first-order valence-corrected chi connectivity index (χ1v) is 5.53. The van der Waals surface area contributed by atoms with Gasteiger partial charge in [-0.2, -0.15) is 13.9 Å². The first-order valence-electron chi connectivity index (χ1n) is 5.53. The van der Waals surface area contributed by atoms with Crippen molar-refractivity contribution >= 4 is 5.82 Å². The quantitative estimate of drug-likeness (QED) is 0.876. The zero-order valence-corrected chi connectivity index (χ0v) is 10.2. The van der Waals surface area contributed by atoms with Crippen molar-refractivity contribution in [1.29, 1.82) is 0 Å². The fraction of sp³-hybridized carbons (Fsp3) is 0.250. The molecule has 5 nitrogen and oxygen atoms in total. The van der Waals surface area contributed by atoms with Crippen molar-refractivity contribution in [2.75, 3.05) is 12.4 Å². The highest BCUT2D eigenvalue weighted by atomic mass is 19.3. The number of hydrogen-bond donors (Lipinski definition) is 2. The Balaban J connectivity index is 2.01. The Morgan fingerprint density at radius 3 is 2.84 bits per heavy atom. The molecule has 0 unspecified atom stereocenters. The van der Waals surface area contributed by atoms with E-state index in [0.717, 1.165) is 5.56 Å². The van der Waals surface area contributed by atoms with Crippen molar-refractivity contribution in [1.82, 2.24) is 9.78 Å². The number of aromatic nitrogens is 2. The molecule has 0 atom stereocenters. The maximum absolute atomic E-state index is 12.3. The Bertz CT molecular complexity index is 558. The predicted octanol–water partition coefficient (Wildman–Crippen LogP) is 2.60. The van der Waals surface area contributed by atoms with Gasteiger partial charge < -0.3 is 15.2 Å². The highest BCUT2D eigenvalue weighted by molar-refractivity contribution is 5.43. The van der Waals surface area contributed by atoms with Crippen molar-refractivity contribution in [3.63, 3.8) is 0 Å². The third kappa shape index (κ3) is 3.12. The van der Waals surface area contributed by atoms with Crippen LogP contribution in [-0.2, 0) is 6.54 Å². The molecule has 0 fully saturated rings. The van der Waals surface area contributed by atoms with E-state index in [4.69, 9.17) is 4.74 Å². The number of anilines is 1. The lowest BCUT2D eigenvalue weighted by atomic mass is 10.2. The summed E-state index contributed by atoms with van der Waals surface area (Å²) in [5.74, 6) is 0.762. The monoisotopic (exact) mass is 269 g/mol. The van der Waals surface area contributed by atoms with Gasteiger partial charge in [0.15, 0.2) is 11.5 Å². The molecule has 0 bridgehead atoms. The van der Waals surface area contributed by atoms with Crippen LogP contribution in [0.2, 0.25) is 0 Å². The maximum atomic E-state index is 12.3. The molecule has 19 heavy (non-hydrogen) atoms.